The van der Waals surface area contributed by atoms with Crippen LogP contribution >= 0.6 is 0 Å². The summed E-state index contributed by atoms with van der Waals surface area (Å²) in [5, 5.41) is 2.94. The Morgan fingerprint density at radius 1 is 1.14 bits per heavy atom. The number of unbranched alkanes of at least 4 members (excludes halogenated alkanes) is 2. The molecule has 2 rings (SSSR count). The fourth-order valence-corrected chi connectivity index (χ4v) is 2.41. The lowest BCUT2D eigenvalue weighted by Gasteiger charge is -2.28. The van der Waals surface area contributed by atoms with Crippen molar-refractivity contribution in [2.45, 2.75) is 25.7 Å². The van der Waals surface area contributed by atoms with E-state index >= 15 is 0 Å². The van der Waals surface area contributed by atoms with Gasteiger partial charge in [-0.15, -0.1) is 0 Å². The fraction of sp³-hybridized carbons (Fsp3) is 0.562. The number of benzene rings is 1. The number of carbonyl (C=O) groups excluding carboxylic acids is 1. The molecule has 1 saturated heterocycles. The largest absolute Gasteiger partial charge is 0.378 e. The van der Waals surface area contributed by atoms with Crippen molar-refractivity contribution in [3.8, 4) is 0 Å². The van der Waals surface area contributed by atoms with Crippen LogP contribution in [0.25, 0.3) is 0 Å². The molecule has 21 heavy (non-hydrogen) atoms. The lowest BCUT2D eigenvalue weighted by Crippen LogP contribution is -2.36. The number of amides is 1. The monoisotopic (exact) mass is 291 g/mol. The van der Waals surface area contributed by atoms with Crippen LogP contribution in [-0.2, 0) is 9.53 Å². The summed E-state index contributed by atoms with van der Waals surface area (Å²) < 4.78 is 5.35. The van der Waals surface area contributed by atoms with E-state index in [1.54, 1.807) is 0 Å². The Morgan fingerprint density at radius 3 is 2.52 bits per heavy atom. The summed E-state index contributed by atoms with van der Waals surface area (Å²) in [4.78, 5) is 14.1. The van der Waals surface area contributed by atoms with Gasteiger partial charge in [0.15, 0.2) is 0 Å². The number of nitrogens with zero attached hydrogens (tertiary/aromatic N) is 1. The summed E-state index contributed by atoms with van der Waals surface area (Å²) in [5.74, 6) is 0.0751. The van der Waals surface area contributed by atoms with Crippen molar-refractivity contribution in [2.75, 3.05) is 43.1 Å². The molecule has 0 unspecified atom stereocenters. The second-order valence-corrected chi connectivity index (χ2v) is 5.29. The molecule has 1 fully saturated rings. The molecule has 5 nitrogen and oxygen atoms in total. The number of morpholine rings is 1. The summed E-state index contributed by atoms with van der Waals surface area (Å²) in [6.07, 6.45) is 3.46. The fourth-order valence-electron chi connectivity index (χ4n) is 2.41. The van der Waals surface area contributed by atoms with Gasteiger partial charge in [-0.25, -0.2) is 0 Å². The van der Waals surface area contributed by atoms with Crippen LogP contribution in [0.15, 0.2) is 24.3 Å². The molecular weight excluding hydrogens is 266 g/mol. The van der Waals surface area contributed by atoms with Gasteiger partial charge in [-0.1, -0.05) is 6.42 Å². The quantitative estimate of drug-likeness (QED) is 0.754. The number of nitrogens with one attached hydrogen (secondary N) is 1. The number of nitrogens with two attached hydrogens (primary N) is 1. The summed E-state index contributed by atoms with van der Waals surface area (Å²) in [6.45, 7) is 4.10. The SMILES string of the molecule is NCCCCCC(=O)Nc1ccc(N2CCOCC2)cc1. The van der Waals surface area contributed by atoms with Crippen molar-refractivity contribution in [1.29, 1.82) is 0 Å². The highest BCUT2D eigenvalue weighted by Crippen LogP contribution is 2.19. The van der Waals surface area contributed by atoms with E-state index < -0.39 is 0 Å². The lowest BCUT2D eigenvalue weighted by molar-refractivity contribution is -0.116. The zero-order valence-electron chi connectivity index (χ0n) is 12.5. The topological polar surface area (TPSA) is 67.6 Å². The molecule has 0 aliphatic carbocycles. The van der Waals surface area contributed by atoms with Crippen LogP contribution in [0.4, 0.5) is 11.4 Å². The summed E-state index contributed by atoms with van der Waals surface area (Å²) in [7, 11) is 0. The first-order chi connectivity index (χ1) is 10.3. The van der Waals surface area contributed by atoms with Gasteiger partial charge in [0.2, 0.25) is 5.91 Å². The molecule has 3 N–H and O–H groups in total. The zero-order chi connectivity index (χ0) is 14.9. The molecule has 116 valence electrons. The van der Waals surface area contributed by atoms with Crippen molar-refractivity contribution >= 4 is 17.3 Å². The van der Waals surface area contributed by atoms with E-state index in [1.165, 1.54) is 5.69 Å². The van der Waals surface area contributed by atoms with Crippen LogP contribution in [0.5, 0.6) is 0 Å². The van der Waals surface area contributed by atoms with Crippen molar-refractivity contribution in [2.24, 2.45) is 5.73 Å². The summed E-state index contributed by atoms with van der Waals surface area (Å²) in [6, 6.07) is 8.02. The molecular formula is C16H25N3O2. The third-order valence-electron chi connectivity index (χ3n) is 3.64. The molecule has 0 aromatic heterocycles. The van der Waals surface area contributed by atoms with E-state index in [9.17, 15) is 4.79 Å². The average molecular weight is 291 g/mol. The van der Waals surface area contributed by atoms with Crippen LogP contribution < -0.4 is 16.0 Å². The van der Waals surface area contributed by atoms with Gasteiger partial charge in [-0.3, -0.25) is 4.79 Å². The Bertz CT molecular complexity index is 428. The highest BCUT2D eigenvalue weighted by molar-refractivity contribution is 5.90. The zero-order valence-corrected chi connectivity index (χ0v) is 12.5. The standard InChI is InChI=1S/C16H25N3O2/c17-9-3-1-2-4-16(20)18-14-5-7-15(8-6-14)19-10-12-21-13-11-19/h5-8H,1-4,9-13,17H2,(H,18,20). The van der Waals surface area contributed by atoms with Gasteiger partial charge in [0, 0.05) is 30.9 Å². The number of ether oxygens (including phenoxy) is 1. The van der Waals surface area contributed by atoms with Crippen molar-refractivity contribution in [1.82, 2.24) is 0 Å². The number of carbonyl (C=O) groups is 1. The van der Waals surface area contributed by atoms with Gasteiger partial charge in [0.1, 0.15) is 0 Å². The van der Waals surface area contributed by atoms with E-state index in [0.29, 0.717) is 13.0 Å². The Balaban J connectivity index is 1.77. The lowest BCUT2D eigenvalue weighted by atomic mass is 10.2. The predicted molar refractivity (Wildman–Crippen MR) is 85.6 cm³/mol. The van der Waals surface area contributed by atoms with Crippen molar-refractivity contribution in [3.63, 3.8) is 0 Å². The smallest absolute Gasteiger partial charge is 0.224 e. The molecule has 1 heterocycles. The third-order valence-corrected chi connectivity index (χ3v) is 3.64. The molecule has 1 aromatic carbocycles. The van der Waals surface area contributed by atoms with E-state index in [2.05, 4.69) is 22.3 Å². The molecule has 1 aliphatic heterocycles. The predicted octanol–water partition coefficient (Wildman–Crippen LogP) is 1.98. The summed E-state index contributed by atoms with van der Waals surface area (Å²) in [5.41, 5.74) is 7.47. The molecule has 0 atom stereocenters. The third kappa shape index (κ3) is 5.36. The molecule has 1 amide bonds. The molecule has 0 radical (unpaired) electrons. The van der Waals surface area contributed by atoms with E-state index in [-0.39, 0.29) is 5.91 Å². The van der Waals surface area contributed by atoms with E-state index in [1.807, 2.05) is 12.1 Å². The second-order valence-electron chi connectivity index (χ2n) is 5.29. The van der Waals surface area contributed by atoms with Gasteiger partial charge in [-0.05, 0) is 43.7 Å². The molecule has 5 heteroatoms. The van der Waals surface area contributed by atoms with Gasteiger partial charge in [0.05, 0.1) is 13.2 Å². The average Bonchev–Trinajstić information content (AvgIpc) is 2.53. The Hall–Kier alpha value is -1.59. The number of hydrogen-bond donors (Lipinski definition) is 2. The maximum absolute atomic E-state index is 11.8. The minimum atomic E-state index is 0.0751. The van der Waals surface area contributed by atoms with Gasteiger partial charge >= 0.3 is 0 Å². The van der Waals surface area contributed by atoms with E-state index in [0.717, 1.165) is 51.3 Å². The van der Waals surface area contributed by atoms with Gasteiger partial charge in [-0.2, -0.15) is 0 Å². The van der Waals surface area contributed by atoms with Crippen LogP contribution in [0.3, 0.4) is 0 Å². The summed E-state index contributed by atoms with van der Waals surface area (Å²) >= 11 is 0. The first-order valence-electron chi connectivity index (χ1n) is 7.72. The second kappa shape index (κ2) is 8.64. The van der Waals surface area contributed by atoms with Crippen LogP contribution in [-0.4, -0.2) is 38.8 Å². The molecule has 0 spiro atoms. The highest BCUT2D eigenvalue weighted by Gasteiger charge is 2.11. The minimum Gasteiger partial charge on any atom is -0.378 e. The van der Waals surface area contributed by atoms with Crippen LogP contribution in [0.1, 0.15) is 25.7 Å². The first kappa shape index (κ1) is 15.8. The molecule has 0 bridgehead atoms. The van der Waals surface area contributed by atoms with Gasteiger partial charge < -0.3 is 20.7 Å². The first-order valence-corrected chi connectivity index (χ1v) is 7.72. The van der Waals surface area contributed by atoms with Crippen molar-refractivity contribution in [3.05, 3.63) is 24.3 Å². The van der Waals surface area contributed by atoms with E-state index in [4.69, 9.17) is 10.5 Å². The Morgan fingerprint density at radius 2 is 1.86 bits per heavy atom. The van der Waals surface area contributed by atoms with Crippen LogP contribution in [0, 0.1) is 0 Å². The maximum Gasteiger partial charge on any atom is 0.224 e. The van der Waals surface area contributed by atoms with Crippen LogP contribution in [0.2, 0.25) is 0 Å². The number of rotatable bonds is 7. The normalized spacial score (nSPS) is 15.0. The van der Waals surface area contributed by atoms with Gasteiger partial charge in [0.25, 0.3) is 0 Å². The molecule has 1 aliphatic rings. The maximum atomic E-state index is 11.8. The minimum absolute atomic E-state index is 0.0751. The highest BCUT2D eigenvalue weighted by atomic mass is 16.5. The number of anilines is 2. The molecule has 1 aromatic rings. The molecule has 0 saturated carbocycles. The van der Waals surface area contributed by atoms with Crippen molar-refractivity contribution < 1.29 is 9.53 Å². The Labute approximate surface area is 126 Å². The number of hydrogen-bond acceptors (Lipinski definition) is 4. The Kier molecular flexibility index (Phi) is 6.50.